The normalized spacial score (nSPS) is 10.5. The number of carbonyl (C=O) groups excluding carboxylic acids is 1. The van der Waals surface area contributed by atoms with E-state index in [4.69, 9.17) is 4.74 Å². The summed E-state index contributed by atoms with van der Waals surface area (Å²) in [6.45, 7) is 5.58. The van der Waals surface area contributed by atoms with E-state index in [0.29, 0.717) is 11.8 Å². The van der Waals surface area contributed by atoms with Crippen LogP contribution in [0.15, 0.2) is 17.0 Å². The average molecular weight is 308 g/mol. The molecule has 0 bridgehead atoms. The second-order valence-corrected chi connectivity index (χ2v) is 5.08. The molecule has 0 aromatic heterocycles. The summed E-state index contributed by atoms with van der Waals surface area (Å²) in [5.41, 5.74) is -0.530. The third kappa shape index (κ3) is 3.53. The van der Waals surface area contributed by atoms with Crippen LogP contribution in [0.3, 0.4) is 0 Å². The molecule has 7 heteroatoms. The van der Waals surface area contributed by atoms with Gasteiger partial charge in [0, 0.05) is 16.9 Å². The van der Waals surface area contributed by atoms with Crippen LogP contribution in [-0.2, 0) is 9.53 Å². The Balaban J connectivity index is 2.75. The summed E-state index contributed by atoms with van der Waals surface area (Å²) in [6, 6.07) is 0. The van der Waals surface area contributed by atoms with Crippen LogP contribution in [0.5, 0.6) is 0 Å². The molecule has 1 aromatic rings. The van der Waals surface area contributed by atoms with Crippen LogP contribution in [0.1, 0.15) is 12.5 Å². The fourth-order valence-electron chi connectivity index (χ4n) is 1.25. The van der Waals surface area contributed by atoms with Gasteiger partial charge in [-0.3, -0.25) is 0 Å². The Morgan fingerprint density at radius 3 is 2.10 bits per heavy atom. The van der Waals surface area contributed by atoms with Crippen molar-refractivity contribution in [1.82, 2.24) is 0 Å². The number of halogens is 4. The molecule has 0 saturated carbocycles. The SMILES string of the molecule is C=C(C)C(=O)OCCSc1c(F)c(F)c(C)c(F)c1F. The maximum absolute atomic E-state index is 13.5. The van der Waals surface area contributed by atoms with E-state index in [2.05, 4.69) is 6.58 Å². The monoisotopic (exact) mass is 308 g/mol. The fourth-order valence-corrected chi connectivity index (χ4v) is 2.05. The summed E-state index contributed by atoms with van der Waals surface area (Å²) in [4.78, 5) is 10.3. The molecular formula is C13H12F4O2S. The molecule has 1 aromatic carbocycles. The highest BCUT2D eigenvalue weighted by Crippen LogP contribution is 2.31. The molecule has 0 radical (unpaired) electrons. The van der Waals surface area contributed by atoms with Crippen LogP contribution >= 0.6 is 11.8 Å². The van der Waals surface area contributed by atoms with Gasteiger partial charge in [0.15, 0.2) is 23.3 Å². The van der Waals surface area contributed by atoms with Crippen LogP contribution in [0.25, 0.3) is 0 Å². The van der Waals surface area contributed by atoms with Gasteiger partial charge >= 0.3 is 5.97 Å². The van der Waals surface area contributed by atoms with Gasteiger partial charge in [-0.25, -0.2) is 22.4 Å². The molecule has 0 aliphatic heterocycles. The molecule has 0 unspecified atom stereocenters. The molecule has 0 amide bonds. The van der Waals surface area contributed by atoms with Crippen molar-refractivity contribution in [2.75, 3.05) is 12.4 Å². The number of benzene rings is 1. The third-order valence-electron chi connectivity index (χ3n) is 2.35. The van der Waals surface area contributed by atoms with E-state index in [1.165, 1.54) is 6.92 Å². The van der Waals surface area contributed by atoms with E-state index >= 15 is 0 Å². The van der Waals surface area contributed by atoms with Gasteiger partial charge in [0.2, 0.25) is 0 Å². The Kier molecular flexibility index (Phi) is 5.62. The molecule has 0 N–H and O–H groups in total. The summed E-state index contributed by atoms with van der Waals surface area (Å²) in [6.07, 6.45) is 0. The second-order valence-electron chi connectivity index (χ2n) is 3.97. The minimum Gasteiger partial charge on any atom is -0.461 e. The topological polar surface area (TPSA) is 26.3 Å². The average Bonchev–Trinajstić information content (AvgIpc) is 2.41. The summed E-state index contributed by atoms with van der Waals surface area (Å²) in [7, 11) is 0. The van der Waals surface area contributed by atoms with E-state index in [-0.39, 0.29) is 17.9 Å². The third-order valence-corrected chi connectivity index (χ3v) is 3.37. The molecule has 0 atom stereocenters. The van der Waals surface area contributed by atoms with Crippen molar-refractivity contribution < 1.29 is 27.1 Å². The van der Waals surface area contributed by atoms with Gasteiger partial charge in [0.05, 0.1) is 4.90 Å². The maximum atomic E-state index is 13.5. The number of ether oxygens (including phenoxy) is 1. The van der Waals surface area contributed by atoms with Crippen LogP contribution in [0.4, 0.5) is 17.6 Å². The van der Waals surface area contributed by atoms with Crippen molar-refractivity contribution in [2.24, 2.45) is 0 Å². The van der Waals surface area contributed by atoms with E-state index in [0.717, 1.165) is 6.92 Å². The predicted octanol–water partition coefficient (Wildman–Crippen LogP) is 3.76. The smallest absolute Gasteiger partial charge is 0.333 e. The molecular weight excluding hydrogens is 296 g/mol. The van der Waals surface area contributed by atoms with Crippen molar-refractivity contribution in [3.05, 3.63) is 41.0 Å². The van der Waals surface area contributed by atoms with E-state index in [1.54, 1.807) is 0 Å². The maximum Gasteiger partial charge on any atom is 0.333 e. The molecule has 0 aliphatic rings. The molecule has 0 saturated heterocycles. The largest absolute Gasteiger partial charge is 0.461 e. The van der Waals surface area contributed by atoms with E-state index in [1.807, 2.05) is 0 Å². The Bertz CT molecular complexity index is 529. The van der Waals surface area contributed by atoms with Crippen LogP contribution in [0.2, 0.25) is 0 Å². The first-order valence-corrected chi connectivity index (χ1v) is 6.53. The van der Waals surface area contributed by atoms with Crippen molar-refractivity contribution >= 4 is 17.7 Å². The summed E-state index contributed by atoms with van der Waals surface area (Å²) in [5, 5.41) is 0. The molecule has 20 heavy (non-hydrogen) atoms. The molecule has 0 heterocycles. The van der Waals surface area contributed by atoms with Gasteiger partial charge in [0.1, 0.15) is 6.61 Å². The quantitative estimate of drug-likeness (QED) is 0.207. The molecule has 2 nitrogen and oxygen atoms in total. The first kappa shape index (κ1) is 16.6. The fraction of sp³-hybridized carbons (Fsp3) is 0.308. The number of hydrogen-bond acceptors (Lipinski definition) is 3. The summed E-state index contributed by atoms with van der Waals surface area (Å²) < 4.78 is 58.3. The number of rotatable bonds is 5. The Hall–Kier alpha value is -1.50. The lowest BCUT2D eigenvalue weighted by molar-refractivity contribution is -0.138. The van der Waals surface area contributed by atoms with E-state index < -0.39 is 39.7 Å². The first-order chi connectivity index (χ1) is 9.27. The van der Waals surface area contributed by atoms with Crippen molar-refractivity contribution in [2.45, 2.75) is 18.7 Å². The highest BCUT2D eigenvalue weighted by molar-refractivity contribution is 7.99. The van der Waals surface area contributed by atoms with E-state index in [9.17, 15) is 22.4 Å². The lowest BCUT2D eigenvalue weighted by atomic mass is 10.2. The lowest BCUT2D eigenvalue weighted by Gasteiger charge is -2.09. The van der Waals surface area contributed by atoms with Gasteiger partial charge in [-0.05, 0) is 13.8 Å². The minimum absolute atomic E-state index is 0.0468. The van der Waals surface area contributed by atoms with Crippen LogP contribution in [0, 0.1) is 30.2 Å². The standard InChI is InChI=1S/C13H12F4O2S/c1-6(2)13(18)19-4-5-20-12-10(16)8(14)7(3)9(15)11(12)17/h1,4-5H2,2-3H3. The second kappa shape index (κ2) is 6.78. The number of thioether (sulfide) groups is 1. The lowest BCUT2D eigenvalue weighted by Crippen LogP contribution is -2.08. The first-order valence-electron chi connectivity index (χ1n) is 5.55. The highest BCUT2D eigenvalue weighted by Gasteiger charge is 2.23. The molecule has 0 fully saturated rings. The zero-order valence-electron chi connectivity index (χ0n) is 10.9. The Morgan fingerprint density at radius 2 is 1.65 bits per heavy atom. The van der Waals surface area contributed by atoms with Crippen molar-refractivity contribution in [3.8, 4) is 0 Å². The number of esters is 1. The van der Waals surface area contributed by atoms with Gasteiger partial charge in [-0.2, -0.15) is 0 Å². The predicted molar refractivity (Wildman–Crippen MR) is 67.5 cm³/mol. The Morgan fingerprint density at radius 1 is 1.15 bits per heavy atom. The van der Waals surface area contributed by atoms with Crippen LogP contribution < -0.4 is 0 Å². The minimum atomic E-state index is -1.45. The molecule has 0 spiro atoms. The zero-order valence-corrected chi connectivity index (χ0v) is 11.7. The van der Waals surface area contributed by atoms with Crippen LogP contribution in [-0.4, -0.2) is 18.3 Å². The molecule has 110 valence electrons. The number of hydrogen-bond donors (Lipinski definition) is 0. The molecule has 0 aliphatic carbocycles. The van der Waals surface area contributed by atoms with Gasteiger partial charge in [-0.1, -0.05) is 6.58 Å². The van der Waals surface area contributed by atoms with Gasteiger partial charge < -0.3 is 4.74 Å². The van der Waals surface area contributed by atoms with Crippen molar-refractivity contribution in [1.29, 1.82) is 0 Å². The van der Waals surface area contributed by atoms with Gasteiger partial charge in [-0.15, -0.1) is 11.8 Å². The zero-order chi connectivity index (χ0) is 15.4. The van der Waals surface area contributed by atoms with Gasteiger partial charge in [0.25, 0.3) is 0 Å². The number of carbonyl (C=O) groups is 1. The van der Waals surface area contributed by atoms with Crippen molar-refractivity contribution in [3.63, 3.8) is 0 Å². The molecule has 1 rings (SSSR count). The summed E-state index contributed by atoms with van der Waals surface area (Å²) in [5.74, 6) is -6.44. The Labute approximate surface area is 117 Å². The summed E-state index contributed by atoms with van der Waals surface area (Å²) >= 11 is 0.528. The highest BCUT2D eigenvalue weighted by atomic mass is 32.2.